The number of aromatic nitrogens is 4. The number of carbonyl (C=O) groups excluding carboxylic acids is 1. The smallest absolute Gasteiger partial charge is 0.233 e. The average Bonchev–Trinajstić information content (AvgIpc) is 3.45. The van der Waals surface area contributed by atoms with E-state index in [0.29, 0.717) is 22.7 Å². The molecule has 0 bridgehead atoms. The van der Waals surface area contributed by atoms with Crippen LogP contribution in [0.1, 0.15) is 32.1 Å². The van der Waals surface area contributed by atoms with Gasteiger partial charge in [0.1, 0.15) is 5.52 Å². The number of rotatable bonds is 5. The van der Waals surface area contributed by atoms with Gasteiger partial charge in [-0.05, 0) is 25.3 Å². The van der Waals surface area contributed by atoms with Gasteiger partial charge in [0.2, 0.25) is 11.1 Å². The SMILES string of the molecule is O=C(CSc1nnc2c(n1)[nH]c1ccccc12)N(C1CCCC1)[C@H]1CCS(=O)(=O)C1. The van der Waals surface area contributed by atoms with Crippen molar-refractivity contribution in [1.82, 2.24) is 25.1 Å². The molecule has 1 N–H and O–H groups in total. The highest BCUT2D eigenvalue weighted by molar-refractivity contribution is 7.99. The summed E-state index contributed by atoms with van der Waals surface area (Å²) in [5.74, 6) is 0.402. The predicted molar refractivity (Wildman–Crippen MR) is 116 cm³/mol. The number of sulfone groups is 1. The van der Waals surface area contributed by atoms with Crippen LogP contribution in [-0.2, 0) is 14.6 Å². The summed E-state index contributed by atoms with van der Waals surface area (Å²) in [4.78, 5) is 22.8. The molecule has 2 aliphatic rings. The quantitative estimate of drug-likeness (QED) is 0.601. The molecule has 1 amide bonds. The molecule has 5 rings (SSSR count). The Morgan fingerprint density at radius 3 is 2.70 bits per heavy atom. The number of aromatic amines is 1. The van der Waals surface area contributed by atoms with Crippen LogP contribution in [0.3, 0.4) is 0 Å². The minimum absolute atomic E-state index is 0.0330. The fraction of sp³-hybridized carbons (Fsp3) is 0.500. The number of amides is 1. The van der Waals surface area contributed by atoms with Crippen LogP contribution in [0.15, 0.2) is 29.4 Å². The number of benzene rings is 1. The van der Waals surface area contributed by atoms with Crippen LogP contribution in [0.25, 0.3) is 22.1 Å². The molecule has 0 radical (unpaired) electrons. The van der Waals surface area contributed by atoms with E-state index in [4.69, 9.17) is 0 Å². The molecule has 30 heavy (non-hydrogen) atoms. The van der Waals surface area contributed by atoms with Crippen LogP contribution in [0.4, 0.5) is 0 Å². The van der Waals surface area contributed by atoms with E-state index in [1.165, 1.54) is 11.8 Å². The molecule has 158 valence electrons. The van der Waals surface area contributed by atoms with Gasteiger partial charge < -0.3 is 9.88 Å². The van der Waals surface area contributed by atoms with E-state index in [1.807, 2.05) is 29.2 Å². The first-order chi connectivity index (χ1) is 14.5. The lowest BCUT2D eigenvalue weighted by Crippen LogP contribution is -2.47. The van der Waals surface area contributed by atoms with Crippen LogP contribution in [-0.4, -0.2) is 68.7 Å². The van der Waals surface area contributed by atoms with Crippen LogP contribution in [0.2, 0.25) is 0 Å². The average molecular weight is 446 g/mol. The molecule has 1 atom stereocenters. The normalized spacial score (nSPS) is 21.5. The van der Waals surface area contributed by atoms with Crippen molar-refractivity contribution in [3.63, 3.8) is 0 Å². The third kappa shape index (κ3) is 3.78. The molecule has 0 unspecified atom stereocenters. The monoisotopic (exact) mass is 445 g/mol. The van der Waals surface area contributed by atoms with E-state index in [-0.39, 0.29) is 35.2 Å². The highest BCUT2D eigenvalue weighted by atomic mass is 32.2. The van der Waals surface area contributed by atoms with Gasteiger partial charge in [0.05, 0.1) is 17.3 Å². The summed E-state index contributed by atoms with van der Waals surface area (Å²) in [7, 11) is -3.05. The third-order valence-corrected chi connectivity index (χ3v) is 8.61. The molecule has 1 saturated heterocycles. The van der Waals surface area contributed by atoms with Crippen molar-refractivity contribution in [2.75, 3.05) is 17.3 Å². The Morgan fingerprint density at radius 2 is 1.93 bits per heavy atom. The molecular weight excluding hydrogens is 422 g/mol. The van der Waals surface area contributed by atoms with Gasteiger partial charge >= 0.3 is 0 Å². The first kappa shape index (κ1) is 19.7. The number of hydrogen-bond acceptors (Lipinski definition) is 7. The maximum absolute atomic E-state index is 13.1. The van der Waals surface area contributed by atoms with Crippen molar-refractivity contribution < 1.29 is 13.2 Å². The van der Waals surface area contributed by atoms with Crippen molar-refractivity contribution >= 4 is 49.6 Å². The van der Waals surface area contributed by atoms with E-state index >= 15 is 0 Å². The highest BCUT2D eigenvalue weighted by Crippen LogP contribution is 2.30. The standard InChI is InChI=1S/C20H23N5O3S2/c26-17(25(13-5-1-2-6-13)14-9-10-30(27,28)12-14)11-29-20-22-19-18(23-24-20)15-7-3-4-8-16(15)21-19/h3-4,7-8,13-14H,1-2,5-6,9-12H2,(H,21,22,24)/t14-/m0/s1. The summed E-state index contributed by atoms with van der Waals surface area (Å²) in [5.41, 5.74) is 2.31. The summed E-state index contributed by atoms with van der Waals surface area (Å²) < 4.78 is 24.0. The molecule has 2 aromatic heterocycles. The van der Waals surface area contributed by atoms with E-state index in [1.54, 1.807) is 0 Å². The van der Waals surface area contributed by atoms with Crippen molar-refractivity contribution in [2.24, 2.45) is 0 Å². The van der Waals surface area contributed by atoms with E-state index in [2.05, 4.69) is 20.2 Å². The Labute approximate surface area is 178 Å². The second kappa shape index (κ2) is 7.81. The van der Waals surface area contributed by atoms with Crippen LogP contribution >= 0.6 is 11.8 Å². The molecule has 3 aromatic rings. The minimum Gasteiger partial charge on any atom is -0.338 e. The van der Waals surface area contributed by atoms with Gasteiger partial charge in [0, 0.05) is 23.0 Å². The highest BCUT2D eigenvalue weighted by Gasteiger charge is 2.38. The first-order valence-corrected chi connectivity index (χ1v) is 13.1. The summed E-state index contributed by atoms with van der Waals surface area (Å²) in [6, 6.07) is 7.76. The fourth-order valence-electron chi connectivity index (χ4n) is 4.65. The molecule has 1 saturated carbocycles. The minimum atomic E-state index is -3.05. The second-order valence-corrected chi connectivity index (χ2v) is 11.2. The van der Waals surface area contributed by atoms with Gasteiger partial charge in [-0.25, -0.2) is 13.4 Å². The first-order valence-electron chi connectivity index (χ1n) is 10.3. The zero-order valence-electron chi connectivity index (χ0n) is 16.5. The van der Waals surface area contributed by atoms with E-state index in [0.717, 1.165) is 36.6 Å². The Hall–Kier alpha value is -2.20. The molecule has 3 heterocycles. The fourth-order valence-corrected chi connectivity index (χ4v) is 7.02. The van der Waals surface area contributed by atoms with Gasteiger partial charge in [-0.15, -0.1) is 10.2 Å². The number of nitrogens with one attached hydrogen (secondary N) is 1. The summed E-state index contributed by atoms with van der Waals surface area (Å²) in [6.45, 7) is 0. The maximum Gasteiger partial charge on any atom is 0.233 e. The third-order valence-electron chi connectivity index (χ3n) is 6.04. The topological polar surface area (TPSA) is 109 Å². The lowest BCUT2D eigenvalue weighted by molar-refractivity contribution is -0.132. The second-order valence-electron chi connectivity index (χ2n) is 8.05. The number of nitrogens with zero attached hydrogens (tertiary/aromatic N) is 4. The van der Waals surface area contributed by atoms with E-state index in [9.17, 15) is 13.2 Å². The molecule has 1 aliphatic carbocycles. The zero-order valence-corrected chi connectivity index (χ0v) is 18.1. The predicted octanol–water partition coefficient (Wildman–Crippen LogP) is 2.56. The largest absolute Gasteiger partial charge is 0.338 e. The molecule has 10 heteroatoms. The number of H-pyrrole nitrogens is 1. The molecular formula is C20H23N5O3S2. The molecule has 8 nitrogen and oxygen atoms in total. The van der Waals surface area contributed by atoms with Crippen LogP contribution < -0.4 is 0 Å². The number of fused-ring (bicyclic) bond motifs is 3. The molecule has 0 spiro atoms. The summed E-state index contributed by atoms with van der Waals surface area (Å²) in [5, 5.41) is 9.90. The Bertz CT molecular complexity index is 1200. The molecule has 1 aromatic carbocycles. The zero-order chi connectivity index (χ0) is 20.7. The van der Waals surface area contributed by atoms with Gasteiger partial charge in [0.25, 0.3) is 0 Å². The van der Waals surface area contributed by atoms with Crippen molar-refractivity contribution in [1.29, 1.82) is 0 Å². The molecule has 2 fully saturated rings. The lowest BCUT2D eigenvalue weighted by Gasteiger charge is -2.34. The van der Waals surface area contributed by atoms with Gasteiger partial charge in [0.15, 0.2) is 15.5 Å². The Kier molecular flexibility index (Phi) is 5.14. The van der Waals surface area contributed by atoms with Crippen LogP contribution in [0.5, 0.6) is 0 Å². The summed E-state index contributed by atoms with van der Waals surface area (Å²) in [6.07, 6.45) is 4.61. The van der Waals surface area contributed by atoms with Gasteiger partial charge in [-0.1, -0.05) is 42.8 Å². The van der Waals surface area contributed by atoms with Crippen LogP contribution in [0, 0.1) is 0 Å². The van der Waals surface area contributed by atoms with Crippen molar-refractivity contribution in [3.05, 3.63) is 24.3 Å². The summed E-state index contributed by atoms with van der Waals surface area (Å²) >= 11 is 1.25. The Morgan fingerprint density at radius 1 is 1.13 bits per heavy atom. The number of para-hydroxylation sites is 1. The van der Waals surface area contributed by atoms with Gasteiger partial charge in [-0.3, -0.25) is 4.79 Å². The van der Waals surface area contributed by atoms with E-state index < -0.39 is 9.84 Å². The number of thioether (sulfide) groups is 1. The van der Waals surface area contributed by atoms with Gasteiger partial charge in [-0.2, -0.15) is 0 Å². The van der Waals surface area contributed by atoms with Crippen molar-refractivity contribution in [3.8, 4) is 0 Å². The molecule has 1 aliphatic heterocycles. The number of hydrogen-bond donors (Lipinski definition) is 1. The van der Waals surface area contributed by atoms with Crippen molar-refractivity contribution in [2.45, 2.75) is 49.3 Å². The lowest BCUT2D eigenvalue weighted by atomic mass is 10.1. The Balaban J connectivity index is 1.33. The number of carbonyl (C=O) groups is 1. The maximum atomic E-state index is 13.1.